The Labute approximate surface area is 458 Å². The number of benzene rings is 6. The molecule has 0 bridgehead atoms. The zero-order chi connectivity index (χ0) is 50.9. The van der Waals surface area contributed by atoms with Crippen LogP contribution < -0.4 is 0 Å². The van der Waals surface area contributed by atoms with Crippen LogP contribution in [0.4, 0.5) is 0 Å². The Morgan fingerprint density at radius 2 is 0.611 bits per heavy atom. The minimum atomic E-state index is 0. The van der Waals surface area contributed by atoms with E-state index in [0.717, 1.165) is 21.4 Å². The fourth-order valence-corrected chi connectivity index (χ4v) is 10.6. The van der Waals surface area contributed by atoms with Gasteiger partial charge in [-0.2, -0.15) is 12.1 Å². The summed E-state index contributed by atoms with van der Waals surface area (Å²) in [5, 5.41) is 5.59. The Morgan fingerprint density at radius 3 is 0.833 bits per heavy atom. The monoisotopic (exact) mass is 1040 g/mol. The van der Waals surface area contributed by atoms with Crippen molar-refractivity contribution in [2.24, 2.45) is 11.8 Å². The summed E-state index contributed by atoms with van der Waals surface area (Å²) >= 11 is 0. The topological polar surface area (TPSA) is 0 Å². The SMILES string of the molecule is CC(C)(C)c1ccc(-c2ccc(-c3ccc(C(C)(C)C)cc3)c3[cH-]c(CC4CCC4)cc23)cc1.CC(C)(C)c1ccc(-c2ccc(-c3ccc(C(C)(C)C)cc3)c3[cH-]c(CC4CCC4)cc23)cc1.C[Si]C.[Zr+2]. The van der Waals surface area contributed by atoms with Crippen LogP contribution in [0.15, 0.2) is 146 Å². The first-order valence-electron chi connectivity index (χ1n) is 27.1. The van der Waals surface area contributed by atoms with Gasteiger partial charge in [0.15, 0.2) is 0 Å². The molecule has 2 radical (unpaired) electrons. The second-order valence-corrected chi connectivity index (χ2v) is 26.5. The molecule has 2 heteroatoms. The molecule has 0 N–H and O–H groups in total. The van der Waals surface area contributed by atoms with Gasteiger partial charge in [-0.1, -0.05) is 289 Å². The summed E-state index contributed by atoms with van der Waals surface area (Å²) < 4.78 is 0. The molecule has 8 aromatic carbocycles. The van der Waals surface area contributed by atoms with Crippen LogP contribution in [-0.4, -0.2) is 9.52 Å². The molecule has 0 unspecified atom stereocenters. The van der Waals surface area contributed by atoms with Gasteiger partial charge >= 0.3 is 26.2 Å². The third-order valence-electron chi connectivity index (χ3n) is 15.6. The van der Waals surface area contributed by atoms with E-state index in [9.17, 15) is 0 Å². The van der Waals surface area contributed by atoms with Crippen molar-refractivity contribution in [1.29, 1.82) is 0 Å². The first-order chi connectivity index (χ1) is 33.6. The van der Waals surface area contributed by atoms with E-state index in [1.54, 1.807) is 0 Å². The van der Waals surface area contributed by atoms with Gasteiger partial charge in [0.25, 0.3) is 0 Å². The van der Waals surface area contributed by atoms with Gasteiger partial charge in [0, 0.05) is 9.52 Å². The average Bonchev–Trinajstić information content (AvgIpc) is 3.93. The van der Waals surface area contributed by atoms with E-state index in [1.807, 2.05) is 0 Å². The van der Waals surface area contributed by atoms with Crippen LogP contribution in [0.5, 0.6) is 0 Å². The van der Waals surface area contributed by atoms with Crippen LogP contribution in [0.1, 0.15) is 155 Å². The Balaban J connectivity index is 0.000000198. The molecule has 2 fully saturated rings. The molecular formula is C70H84SiZr. The van der Waals surface area contributed by atoms with Gasteiger partial charge in [0.2, 0.25) is 0 Å². The normalized spacial score (nSPS) is 14.4. The minimum Gasteiger partial charge on any atom is -0.164 e. The summed E-state index contributed by atoms with van der Waals surface area (Å²) in [5.74, 6) is 1.75. The summed E-state index contributed by atoms with van der Waals surface area (Å²) in [7, 11) is 1.08. The Bertz CT molecular complexity index is 2610. The van der Waals surface area contributed by atoms with Crippen molar-refractivity contribution in [3.63, 3.8) is 0 Å². The quantitative estimate of drug-likeness (QED) is 0.105. The second-order valence-electron chi connectivity index (χ2n) is 25.5. The number of hydrogen-bond donors (Lipinski definition) is 0. The van der Waals surface area contributed by atoms with E-state index in [4.69, 9.17) is 0 Å². The summed E-state index contributed by atoms with van der Waals surface area (Å²) in [4.78, 5) is 0. The molecule has 0 aromatic heterocycles. The van der Waals surface area contributed by atoms with Gasteiger partial charge in [-0.3, -0.25) is 0 Å². The third kappa shape index (κ3) is 12.9. The number of fused-ring (bicyclic) bond motifs is 2. The van der Waals surface area contributed by atoms with E-state index in [1.165, 1.54) is 151 Å². The van der Waals surface area contributed by atoms with E-state index < -0.39 is 0 Å². The molecule has 0 atom stereocenters. The smallest absolute Gasteiger partial charge is 0.164 e. The van der Waals surface area contributed by atoms with Crippen molar-refractivity contribution in [1.82, 2.24) is 0 Å². The molecule has 0 heterocycles. The number of rotatable bonds is 8. The number of hydrogen-bond acceptors (Lipinski definition) is 0. The molecule has 0 saturated heterocycles. The summed E-state index contributed by atoms with van der Waals surface area (Å²) in [6.07, 6.45) is 10.8. The molecule has 10 rings (SSSR count). The maximum atomic E-state index is 2.48. The summed E-state index contributed by atoms with van der Waals surface area (Å²) in [6, 6.07) is 56.2. The standard InChI is InChI=1S/2C34H39.C2H6Si.Zr/c2*1-33(2,3)27-14-10-25(11-15-27)29-18-19-30(26-12-16-28(17-13-26)34(4,5)6)32-22-24(21-31(29)32)20-23-8-7-9-23;1-3-2;/h2*10-19,21-23H,7-9,20H2,1-6H3;1-2H3;/q2*-1;;+2. The molecule has 2 aliphatic rings. The van der Waals surface area contributed by atoms with Gasteiger partial charge < -0.3 is 0 Å². The predicted octanol–water partition coefficient (Wildman–Crippen LogP) is 20.4. The van der Waals surface area contributed by atoms with Crippen LogP contribution in [0.25, 0.3) is 66.1 Å². The molecule has 0 amide bonds. The van der Waals surface area contributed by atoms with Crippen molar-refractivity contribution < 1.29 is 26.2 Å². The van der Waals surface area contributed by atoms with Crippen LogP contribution in [0.3, 0.4) is 0 Å². The molecule has 8 aromatic rings. The van der Waals surface area contributed by atoms with Crippen LogP contribution in [-0.2, 0) is 60.7 Å². The zero-order valence-corrected chi connectivity index (χ0v) is 50.1. The van der Waals surface area contributed by atoms with Crippen LogP contribution in [0, 0.1) is 11.8 Å². The van der Waals surface area contributed by atoms with Crippen molar-refractivity contribution in [3.05, 3.63) is 179 Å². The first kappa shape index (κ1) is 55.4. The van der Waals surface area contributed by atoms with Gasteiger partial charge in [-0.15, -0.1) is 44.8 Å². The fraction of sp³-hybridized carbons (Fsp3) is 0.400. The van der Waals surface area contributed by atoms with Crippen LogP contribution >= 0.6 is 0 Å². The van der Waals surface area contributed by atoms with Crippen molar-refractivity contribution in [2.75, 3.05) is 0 Å². The Hall–Kier alpha value is -4.36. The Kier molecular flexibility index (Phi) is 17.4. The van der Waals surface area contributed by atoms with Crippen molar-refractivity contribution in [3.8, 4) is 44.5 Å². The van der Waals surface area contributed by atoms with Crippen LogP contribution in [0.2, 0.25) is 13.1 Å². The first-order valence-corrected chi connectivity index (χ1v) is 29.1. The van der Waals surface area contributed by atoms with E-state index in [2.05, 4.69) is 242 Å². The maximum Gasteiger partial charge on any atom is 2.00 e. The van der Waals surface area contributed by atoms with Crippen molar-refractivity contribution in [2.45, 2.75) is 169 Å². The predicted molar refractivity (Wildman–Crippen MR) is 315 cm³/mol. The largest absolute Gasteiger partial charge is 2.00 e. The fourth-order valence-electron chi connectivity index (χ4n) is 10.6. The molecule has 0 spiro atoms. The Morgan fingerprint density at radius 1 is 0.375 bits per heavy atom. The maximum absolute atomic E-state index is 2.48. The second kappa shape index (κ2) is 22.6. The average molecular weight is 1040 g/mol. The molecule has 2 saturated carbocycles. The molecule has 372 valence electrons. The summed E-state index contributed by atoms with van der Waals surface area (Å²) in [6.45, 7) is 31.7. The van der Waals surface area contributed by atoms with Gasteiger partial charge in [-0.25, -0.2) is 0 Å². The molecule has 2 aliphatic carbocycles. The van der Waals surface area contributed by atoms with Gasteiger partial charge in [0.1, 0.15) is 0 Å². The van der Waals surface area contributed by atoms with Crippen molar-refractivity contribution >= 4 is 31.1 Å². The molecule has 72 heavy (non-hydrogen) atoms. The summed E-state index contributed by atoms with van der Waals surface area (Å²) in [5.41, 5.74) is 19.9. The minimum absolute atomic E-state index is 0. The van der Waals surface area contributed by atoms with Gasteiger partial charge in [-0.05, 0) is 79.7 Å². The zero-order valence-electron chi connectivity index (χ0n) is 46.7. The molecule has 0 aliphatic heterocycles. The van der Waals surface area contributed by atoms with E-state index in [0.29, 0.717) is 0 Å². The van der Waals surface area contributed by atoms with E-state index in [-0.39, 0.29) is 47.9 Å². The molecule has 0 nitrogen and oxygen atoms in total. The van der Waals surface area contributed by atoms with E-state index >= 15 is 0 Å². The molecular weight excluding hydrogens is 960 g/mol. The van der Waals surface area contributed by atoms with Gasteiger partial charge in [0.05, 0.1) is 0 Å². The third-order valence-corrected chi connectivity index (χ3v) is 15.6.